The van der Waals surface area contributed by atoms with Gasteiger partial charge in [-0.25, -0.2) is 0 Å². The minimum atomic E-state index is -0.220. The van der Waals surface area contributed by atoms with Crippen molar-refractivity contribution in [2.75, 3.05) is 17.3 Å². The third-order valence-electron chi connectivity index (χ3n) is 6.70. The first-order valence-electron chi connectivity index (χ1n) is 10.6. The molecule has 1 saturated heterocycles. The Morgan fingerprint density at radius 3 is 2.16 bits per heavy atom. The largest absolute Gasteiger partial charge is 0.495 e. The maximum atomic E-state index is 13.1. The molecule has 1 aliphatic heterocycles. The maximum Gasteiger partial charge on any atom is 0.238 e. The zero-order valence-corrected chi connectivity index (χ0v) is 17.3. The molecule has 3 aliphatic carbocycles. The van der Waals surface area contributed by atoms with E-state index >= 15 is 0 Å². The fourth-order valence-corrected chi connectivity index (χ4v) is 5.22. The van der Waals surface area contributed by atoms with Gasteiger partial charge in [-0.3, -0.25) is 19.3 Å². The first kappa shape index (κ1) is 19.5. The number of hydrogen-bond acceptors (Lipinski definition) is 4. The minimum absolute atomic E-state index is 0.0873. The van der Waals surface area contributed by atoms with Gasteiger partial charge in [0.05, 0.1) is 36.7 Å². The Morgan fingerprint density at radius 1 is 0.968 bits per heavy atom. The Morgan fingerprint density at radius 2 is 1.58 bits per heavy atom. The van der Waals surface area contributed by atoms with E-state index in [0.717, 1.165) is 18.4 Å². The van der Waals surface area contributed by atoms with E-state index in [4.69, 9.17) is 4.74 Å². The van der Waals surface area contributed by atoms with Gasteiger partial charge in [0.1, 0.15) is 5.75 Å². The number of nitrogens with zero attached hydrogens (tertiary/aromatic N) is 1. The summed E-state index contributed by atoms with van der Waals surface area (Å²) >= 11 is 0. The summed E-state index contributed by atoms with van der Waals surface area (Å²) in [7, 11) is 1.56. The van der Waals surface area contributed by atoms with Crippen molar-refractivity contribution in [3.8, 4) is 5.75 Å². The van der Waals surface area contributed by atoms with Gasteiger partial charge in [-0.15, -0.1) is 0 Å². The van der Waals surface area contributed by atoms with Gasteiger partial charge < -0.3 is 10.1 Å². The van der Waals surface area contributed by atoms with Gasteiger partial charge >= 0.3 is 0 Å². The smallest absolute Gasteiger partial charge is 0.238 e. The highest BCUT2D eigenvalue weighted by Crippen LogP contribution is 2.50. The molecule has 1 heterocycles. The first-order valence-corrected chi connectivity index (χ1v) is 10.6. The Labute approximate surface area is 180 Å². The molecule has 4 atom stereocenters. The summed E-state index contributed by atoms with van der Waals surface area (Å²) in [6, 6.07) is 14.4. The van der Waals surface area contributed by atoms with Crippen molar-refractivity contribution in [3.63, 3.8) is 0 Å². The van der Waals surface area contributed by atoms with E-state index in [-0.39, 0.29) is 47.8 Å². The van der Waals surface area contributed by atoms with Gasteiger partial charge in [-0.05, 0) is 54.5 Å². The monoisotopic (exact) mass is 416 g/mol. The second-order valence-corrected chi connectivity index (χ2v) is 8.45. The van der Waals surface area contributed by atoms with E-state index < -0.39 is 0 Å². The highest BCUT2D eigenvalue weighted by atomic mass is 16.5. The van der Waals surface area contributed by atoms with E-state index in [1.165, 1.54) is 4.90 Å². The van der Waals surface area contributed by atoms with Crippen LogP contribution in [0.1, 0.15) is 18.4 Å². The Hall–Kier alpha value is -3.41. The van der Waals surface area contributed by atoms with Crippen molar-refractivity contribution in [2.45, 2.75) is 19.3 Å². The van der Waals surface area contributed by atoms with Crippen molar-refractivity contribution in [1.29, 1.82) is 0 Å². The van der Waals surface area contributed by atoms with Crippen molar-refractivity contribution in [1.82, 2.24) is 0 Å². The molecule has 2 fully saturated rings. The standard InChI is InChI=1S/C25H24N2O4/c1-31-20-5-3-2-4-19(20)26-21(28)14-15-6-12-18(13-7-15)27-24(29)22-16-8-9-17(11-10-16)23(22)25(27)30/h2-9,12-13,16-17,22-23H,10-11,14H2,1H3,(H,26,28). The zero-order valence-electron chi connectivity index (χ0n) is 17.3. The first-order chi connectivity index (χ1) is 15.1. The molecule has 4 aliphatic rings. The number of nitrogens with one attached hydrogen (secondary N) is 1. The number of imide groups is 1. The molecule has 0 spiro atoms. The number of carbonyl (C=O) groups excluding carboxylic acids is 3. The van der Waals surface area contributed by atoms with E-state index in [1.807, 2.05) is 12.1 Å². The lowest BCUT2D eigenvalue weighted by molar-refractivity contribution is -0.124. The van der Waals surface area contributed by atoms with Crippen LogP contribution < -0.4 is 15.0 Å². The number of hydrogen-bond donors (Lipinski definition) is 1. The summed E-state index contributed by atoms with van der Waals surface area (Å²) in [4.78, 5) is 39.9. The molecule has 6 heteroatoms. The summed E-state index contributed by atoms with van der Waals surface area (Å²) in [6.07, 6.45) is 6.38. The quantitative estimate of drug-likeness (QED) is 0.597. The molecule has 0 radical (unpaired) electrons. The molecule has 6 rings (SSSR count). The number of methoxy groups -OCH3 is 1. The van der Waals surface area contributed by atoms with Gasteiger partial charge in [0.15, 0.2) is 0 Å². The Kier molecular flexibility index (Phi) is 4.85. The molecule has 6 nitrogen and oxygen atoms in total. The van der Waals surface area contributed by atoms with Crippen LogP contribution in [0.3, 0.4) is 0 Å². The molecule has 31 heavy (non-hydrogen) atoms. The number of allylic oxidation sites excluding steroid dienone is 2. The number of ether oxygens (including phenoxy) is 1. The summed E-state index contributed by atoms with van der Waals surface area (Å²) in [5, 5.41) is 2.85. The summed E-state index contributed by atoms with van der Waals surface area (Å²) in [6.45, 7) is 0. The fourth-order valence-electron chi connectivity index (χ4n) is 5.22. The molecule has 1 saturated carbocycles. The van der Waals surface area contributed by atoms with Crippen molar-refractivity contribution in [2.24, 2.45) is 23.7 Å². The van der Waals surface area contributed by atoms with Crippen molar-refractivity contribution in [3.05, 3.63) is 66.2 Å². The highest BCUT2D eigenvalue weighted by molar-refractivity contribution is 6.22. The van der Waals surface area contributed by atoms with E-state index in [0.29, 0.717) is 17.1 Å². The molecule has 0 aromatic heterocycles. The fraction of sp³-hybridized carbons (Fsp3) is 0.320. The Balaban J connectivity index is 1.29. The SMILES string of the molecule is COc1ccccc1NC(=O)Cc1ccc(N2C(=O)C3C4C=CC(CC4)C3C2=O)cc1. The molecule has 1 N–H and O–H groups in total. The van der Waals surface area contributed by atoms with Crippen LogP contribution >= 0.6 is 0 Å². The predicted molar refractivity (Wildman–Crippen MR) is 117 cm³/mol. The minimum Gasteiger partial charge on any atom is -0.495 e. The summed E-state index contributed by atoms with van der Waals surface area (Å²) < 4.78 is 5.26. The number of fused-ring (bicyclic) bond motifs is 1. The van der Waals surface area contributed by atoms with Crippen molar-refractivity contribution < 1.29 is 19.1 Å². The average Bonchev–Trinajstić information content (AvgIpc) is 3.08. The highest BCUT2D eigenvalue weighted by Gasteiger charge is 2.56. The van der Waals surface area contributed by atoms with Crippen LogP contribution in [0.2, 0.25) is 0 Å². The number of para-hydroxylation sites is 2. The molecule has 4 unspecified atom stereocenters. The van der Waals surface area contributed by atoms with Crippen LogP contribution in [-0.2, 0) is 20.8 Å². The topological polar surface area (TPSA) is 75.7 Å². The average molecular weight is 416 g/mol. The zero-order chi connectivity index (χ0) is 21.5. The lowest BCUT2D eigenvalue weighted by atomic mass is 9.63. The maximum absolute atomic E-state index is 13.1. The van der Waals surface area contributed by atoms with E-state index in [9.17, 15) is 14.4 Å². The van der Waals surface area contributed by atoms with Crippen LogP contribution in [0.5, 0.6) is 5.75 Å². The van der Waals surface area contributed by atoms with Gasteiger partial charge in [0.2, 0.25) is 17.7 Å². The second-order valence-electron chi connectivity index (χ2n) is 8.45. The summed E-state index contributed by atoms with van der Waals surface area (Å²) in [5.74, 6) is 0.168. The third-order valence-corrected chi connectivity index (χ3v) is 6.70. The number of anilines is 2. The van der Waals surface area contributed by atoms with Gasteiger partial charge in [-0.2, -0.15) is 0 Å². The normalized spacial score (nSPS) is 26.2. The Bertz CT molecular complexity index is 1040. The van der Waals surface area contributed by atoms with Crippen LogP contribution in [-0.4, -0.2) is 24.8 Å². The summed E-state index contributed by atoms with van der Waals surface area (Å²) in [5.41, 5.74) is 2.00. The predicted octanol–water partition coefficient (Wildman–Crippen LogP) is 3.58. The van der Waals surface area contributed by atoms with Gasteiger partial charge in [0, 0.05) is 0 Å². The van der Waals surface area contributed by atoms with Crippen LogP contribution in [0.25, 0.3) is 0 Å². The number of amides is 3. The van der Waals surface area contributed by atoms with E-state index in [1.54, 1.807) is 43.5 Å². The molecular formula is C25H24N2O4. The lowest BCUT2D eigenvalue weighted by Crippen LogP contribution is -2.38. The molecule has 3 amide bonds. The number of rotatable bonds is 5. The number of carbonyl (C=O) groups is 3. The molecule has 2 aromatic rings. The second kappa shape index (κ2) is 7.69. The van der Waals surface area contributed by atoms with Crippen LogP contribution in [0, 0.1) is 23.7 Å². The molecule has 2 aromatic carbocycles. The van der Waals surface area contributed by atoms with Crippen LogP contribution in [0.4, 0.5) is 11.4 Å². The van der Waals surface area contributed by atoms with E-state index in [2.05, 4.69) is 17.5 Å². The van der Waals surface area contributed by atoms with Crippen LogP contribution in [0.15, 0.2) is 60.7 Å². The molecule has 158 valence electrons. The molecule has 2 bridgehead atoms. The third kappa shape index (κ3) is 3.32. The van der Waals surface area contributed by atoms with Gasteiger partial charge in [0.25, 0.3) is 0 Å². The molecular weight excluding hydrogens is 392 g/mol. The van der Waals surface area contributed by atoms with Crippen molar-refractivity contribution >= 4 is 29.1 Å². The lowest BCUT2D eigenvalue weighted by Gasteiger charge is -2.38. The van der Waals surface area contributed by atoms with Gasteiger partial charge in [-0.1, -0.05) is 36.4 Å². The number of benzene rings is 2.